The summed E-state index contributed by atoms with van der Waals surface area (Å²) >= 11 is 1.15. The van der Waals surface area contributed by atoms with Crippen LogP contribution in [0.1, 0.15) is 25.8 Å². The highest BCUT2D eigenvalue weighted by molar-refractivity contribution is 7.12. The molecule has 0 aliphatic heterocycles. The Hall–Kier alpha value is -2.93. The highest BCUT2D eigenvalue weighted by Gasteiger charge is 2.18. The third kappa shape index (κ3) is 2.93. The predicted octanol–water partition coefficient (Wildman–Crippen LogP) is 3.20. The molecule has 1 aromatic carbocycles. The minimum atomic E-state index is -0.613. The van der Waals surface area contributed by atoms with E-state index in [0.717, 1.165) is 16.9 Å². The number of benzene rings is 1. The van der Waals surface area contributed by atoms with E-state index >= 15 is 0 Å². The van der Waals surface area contributed by atoms with Gasteiger partial charge in [-0.3, -0.25) is 4.79 Å². The Kier molecular flexibility index (Phi) is 4.18. The summed E-state index contributed by atoms with van der Waals surface area (Å²) < 4.78 is 9.76. The Bertz CT molecular complexity index is 1000. The second kappa shape index (κ2) is 6.29. The predicted molar refractivity (Wildman–Crippen MR) is 90.8 cm³/mol. The van der Waals surface area contributed by atoms with Gasteiger partial charge in [-0.2, -0.15) is 0 Å². The number of amides is 1. The van der Waals surface area contributed by atoms with Crippen molar-refractivity contribution in [2.24, 2.45) is 0 Å². The molecule has 0 bridgehead atoms. The number of anilines is 1. The third-order valence-corrected chi connectivity index (χ3v) is 4.32. The monoisotopic (exact) mass is 343 g/mol. The Morgan fingerprint density at radius 1 is 1.21 bits per heavy atom. The van der Waals surface area contributed by atoms with Crippen LogP contribution < -0.4 is 10.9 Å². The molecule has 0 atom stereocenters. The summed E-state index contributed by atoms with van der Waals surface area (Å²) in [5.74, 6) is -1.28. The fraction of sp³-hybridized carbons (Fsp3) is 0.118. The summed E-state index contributed by atoms with van der Waals surface area (Å²) in [6, 6.07) is 8.38. The van der Waals surface area contributed by atoms with Crippen molar-refractivity contribution in [3.05, 3.63) is 62.3 Å². The van der Waals surface area contributed by atoms with E-state index in [1.54, 1.807) is 23.6 Å². The number of carbonyl (C=O) groups is 2. The summed E-state index contributed by atoms with van der Waals surface area (Å²) in [4.78, 5) is 36.3. The highest BCUT2D eigenvalue weighted by atomic mass is 32.1. The van der Waals surface area contributed by atoms with Crippen molar-refractivity contribution in [1.29, 1.82) is 0 Å². The first kappa shape index (κ1) is 15.9. The average molecular weight is 343 g/mol. The third-order valence-electron chi connectivity index (χ3n) is 3.43. The molecule has 3 rings (SSSR count). The number of esters is 1. The van der Waals surface area contributed by atoms with Gasteiger partial charge in [-0.15, -0.1) is 11.3 Å². The van der Waals surface area contributed by atoms with Crippen LogP contribution in [-0.2, 0) is 4.74 Å². The minimum absolute atomic E-state index is 0.127. The molecule has 1 amide bonds. The fourth-order valence-corrected chi connectivity index (χ4v) is 3.02. The van der Waals surface area contributed by atoms with Gasteiger partial charge in [-0.1, -0.05) is 17.7 Å². The zero-order chi connectivity index (χ0) is 17.3. The van der Waals surface area contributed by atoms with Gasteiger partial charge in [0, 0.05) is 0 Å². The van der Waals surface area contributed by atoms with E-state index in [-0.39, 0.29) is 10.6 Å². The van der Waals surface area contributed by atoms with Crippen molar-refractivity contribution in [3.63, 3.8) is 0 Å². The SMILES string of the molecule is COC(=O)c1sccc1NC(=O)c1cc2ccc(C)cc2c(=O)o1. The second-order valence-electron chi connectivity index (χ2n) is 5.10. The van der Waals surface area contributed by atoms with Crippen LogP contribution in [0.25, 0.3) is 10.8 Å². The molecule has 0 saturated heterocycles. The molecule has 0 radical (unpaired) electrons. The number of rotatable bonds is 3. The maximum Gasteiger partial charge on any atom is 0.350 e. The van der Waals surface area contributed by atoms with Crippen molar-refractivity contribution in [1.82, 2.24) is 0 Å². The summed E-state index contributed by atoms with van der Waals surface area (Å²) in [6.07, 6.45) is 0. The summed E-state index contributed by atoms with van der Waals surface area (Å²) in [6.45, 7) is 1.87. The summed E-state index contributed by atoms with van der Waals surface area (Å²) in [7, 11) is 1.26. The van der Waals surface area contributed by atoms with Crippen molar-refractivity contribution in [2.75, 3.05) is 12.4 Å². The molecule has 6 nitrogen and oxygen atoms in total. The van der Waals surface area contributed by atoms with Crippen LogP contribution in [0.3, 0.4) is 0 Å². The molecule has 0 unspecified atom stereocenters. The first-order valence-electron chi connectivity index (χ1n) is 7.01. The molecule has 122 valence electrons. The minimum Gasteiger partial charge on any atom is -0.465 e. The Labute approximate surface area is 140 Å². The van der Waals surface area contributed by atoms with Crippen LogP contribution in [0.4, 0.5) is 5.69 Å². The second-order valence-corrected chi connectivity index (χ2v) is 6.01. The van der Waals surface area contributed by atoms with Crippen LogP contribution in [0.5, 0.6) is 0 Å². The number of ether oxygens (including phenoxy) is 1. The Morgan fingerprint density at radius 2 is 2.00 bits per heavy atom. The Morgan fingerprint density at radius 3 is 2.75 bits per heavy atom. The Balaban J connectivity index is 1.95. The smallest absolute Gasteiger partial charge is 0.350 e. The van der Waals surface area contributed by atoms with Gasteiger partial charge < -0.3 is 14.5 Å². The van der Waals surface area contributed by atoms with Gasteiger partial charge in [0.1, 0.15) is 4.88 Å². The van der Waals surface area contributed by atoms with Crippen LogP contribution in [0.15, 0.2) is 44.9 Å². The number of thiophene rings is 1. The summed E-state index contributed by atoms with van der Waals surface area (Å²) in [5, 5.41) is 5.24. The van der Waals surface area contributed by atoms with Crippen molar-refractivity contribution >= 4 is 39.7 Å². The van der Waals surface area contributed by atoms with Crippen molar-refractivity contribution in [3.8, 4) is 0 Å². The fourth-order valence-electron chi connectivity index (χ4n) is 2.25. The molecule has 2 heterocycles. The number of hydrogen-bond acceptors (Lipinski definition) is 6. The first-order valence-corrected chi connectivity index (χ1v) is 7.89. The molecule has 3 aromatic rings. The lowest BCUT2D eigenvalue weighted by Gasteiger charge is -2.06. The molecule has 0 spiro atoms. The molecule has 0 aliphatic rings. The summed E-state index contributed by atoms with van der Waals surface area (Å²) in [5.41, 5.74) is 0.649. The lowest BCUT2D eigenvalue weighted by atomic mass is 10.1. The van der Waals surface area contributed by atoms with Crippen LogP contribution in [0.2, 0.25) is 0 Å². The molecule has 1 N–H and O–H groups in total. The number of aryl methyl sites for hydroxylation is 1. The molecular weight excluding hydrogens is 330 g/mol. The lowest BCUT2D eigenvalue weighted by molar-refractivity contribution is 0.0607. The van der Waals surface area contributed by atoms with E-state index < -0.39 is 17.5 Å². The van der Waals surface area contributed by atoms with Crippen LogP contribution in [-0.4, -0.2) is 19.0 Å². The maximum absolute atomic E-state index is 12.3. The standard InChI is InChI=1S/C17H13NO5S/c1-9-3-4-10-8-13(23-16(20)11(10)7-9)15(19)18-12-5-6-24-14(12)17(21)22-2/h3-8H,1-2H3,(H,18,19). The average Bonchev–Trinajstić information content (AvgIpc) is 3.02. The van der Waals surface area contributed by atoms with E-state index in [4.69, 9.17) is 4.42 Å². The van der Waals surface area contributed by atoms with Gasteiger partial charge in [0.05, 0.1) is 18.2 Å². The number of carbonyl (C=O) groups excluding carboxylic acids is 2. The van der Waals surface area contributed by atoms with Gasteiger partial charge in [0.2, 0.25) is 0 Å². The molecular formula is C17H13NO5S. The van der Waals surface area contributed by atoms with E-state index in [0.29, 0.717) is 16.5 Å². The van der Waals surface area contributed by atoms with Crippen LogP contribution in [0, 0.1) is 6.92 Å². The number of fused-ring (bicyclic) bond motifs is 1. The molecule has 7 heteroatoms. The first-order chi connectivity index (χ1) is 11.5. The van der Waals surface area contributed by atoms with Gasteiger partial charge >= 0.3 is 11.6 Å². The number of methoxy groups -OCH3 is 1. The van der Waals surface area contributed by atoms with Crippen LogP contribution >= 0.6 is 11.3 Å². The maximum atomic E-state index is 12.3. The van der Waals surface area contributed by atoms with Gasteiger partial charge in [-0.05, 0) is 35.9 Å². The largest absolute Gasteiger partial charge is 0.465 e. The molecule has 24 heavy (non-hydrogen) atoms. The zero-order valence-corrected chi connectivity index (χ0v) is 13.7. The van der Waals surface area contributed by atoms with E-state index in [2.05, 4.69) is 10.1 Å². The van der Waals surface area contributed by atoms with Gasteiger partial charge in [0.25, 0.3) is 5.91 Å². The van der Waals surface area contributed by atoms with E-state index in [9.17, 15) is 14.4 Å². The van der Waals surface area contributed by atoms with Crippen molar-refractivity contribution in [2.45, 2.75) is 6.92 Å². The molecule has 0 aliphatic carbocycles. The van der Waals surface area contributed by atoms with Gasteiger partial charge in [-0.25, -0.2) is 9.59 Å². The number of nitrogens with one attached hydrogen (secondary N) is 1. The topological polar surface area (TPSA) is 85.6 Å². The normalized spacial score (nSPS) is 10.6. The zero-order valence-electron chi connectivity index (χ0n) is 12.9. The van der Waals surface area contributed by atoms with E-state index in [1.807, 2.05) is 13.0 Å². The molecule has 2 aromatic heterocycles. The van der Waals surface area contributed by atoms with E-state index in [1.165, 1.54) is 13.2 Å². The quantitative estimate of drug-likeness (QED) is 0.738. The number of hydrogen-bond donors (Lipinski definition) is 1. The van der Waals surface area contributed by atoms with Crippen molar-refractivity contribution < 1.29 is 18.7 Å². The molecule has 0 saturated carbocycles. The lowest BCUT2D eigenvalue weighted by Crippen LogP contribution is -2.16. The van der Waals surface area contributed by atoms with Gasteiger partial charge in [0.15, 0.2) is 5.76 Å². The molecule has 0 fully saturated rings. The highest BCUT2D eigenvalue weighted by Crippen LogP contribution is 2.24.